The van der Waals surface area contributed by atoms with Gasteiger partial charge in [-0.1, -0.05) is 11.3 Å². The molecule has 1 saturated heterocycles. The Morgan fingerprint density at radius 2 is 2.04 bits per heavy atom. The molecule has 4 heterocycles. The molecule has 1 N–H and O–H groups in total. The van der Waals surface area contributed by atoms with E-state index in [4.69, 9.17) is 4.79 Å². The first-order chi connectivity index (χ1) is 12.7. The summed E-state index contributed by atoms with van der Waals surface area (Å²) in [6.07, 6.45) is 4.35. The fourth-order valence-corrected chi connectivity index (χ4v) is 3.33. The van der Waals surface area contributed by atoms with Gasteiger partial charge >= 0.3 is 0 Å². The average Bonchev–Trinajstić information content (AvgIpc) is 3.29. The van der Waals surface area contributed by atoms with E-state index in [1.54, 1.807) is 22.0 Å². The van der Waals surface area contributed by atoms with Crippen molar-refractivity contribution in [3.63, 3.8) is 0 Å². The van der Waals surface area contributed by atoms with Gasteiger partial charge in [-0.25, -0.2) is 9.50 Å². The summed E-state index contributed by atoms with van der Waals surface area (Å²) in [7, 11) is 1.86. The summed E-state index contributed by atoms with van der Waals surface area (Å²) in [5, 5.41) is 17.6. The number of nitrogens with zero attached hydrogens (tertiary/aromatic N) is 8. The molecule has 0 spiro atoms. The van der Waals surface area contributed by atoms with Gasteiger partial charge in [0.2, 0.25) is 10.3 Å². The van der Waals surface area contributed by atoms with Gasteiger partial charge < -0.3 is 15.0 Å². The van der Waals surface area contributed by atoms with Crippen molar-refractivity contribution in [3.8, 4) is 0 Å². The molecule has 0 amide bonds. The van der Waals surface area contributed by atoms with Gasteiger partial charge in [0, 0.05) is 45.6 Å². The van der Waals surface area contributed by atoms with Crippen LogP contribution in [0.1, 0.15) is 12.7 Å². The molecule has 4 rings (SSSR count). The summed E-state index contributed by atoms with van der Waals surface area (Å²) < 4.78 is 1.71. The maximum absolute atomic E-state index is 8.81. The molecule has 0 radical (unpaired) electrons. The van der Waals surface area contributed by atoms with Gasteiger partial charge in [0.15, 0.2) is 5.82 Å². The molecule has 10 nitrogen and oxygen atoms in total. The Balaban J connectivity index is 0.000000613. The van der Waals surface area contributed by atoms with Crippen molar-refractivity contribution in [2.75, 3.05) is 43.4 Å². The lowest BCUT2D eigenvalue weighted by Crippen LogP contribution is -2.46. The second-order valence-electron chi connectivity index (χ2n) is 5.53. The molecular weight excluding hydrogens is 354 g/mol. The van der Waals surface area contributed by atoms with Crippen LogP contribution in [0.25, 0.3) is 5.78 Å². The minimum absolute atomic E-state index is 0.648. The van der Waals surface area contributed by atoms with Crippen molar-refractivity contribution in [2.24, 2.45) is 0 Å². The van der Waals surface area contributed by atoms with Crippen molar-refractivity contribution in [3.05, 3.63) is 24.3 Å². The molecule has 0 unspecified atom stereocenters. The molecule has 1 fully saturated rings. The number of aldehydes is 1. The number of piperazine rings is 1. The molecule has 0 aromatic carbocycles. The van der Waals surface area contributed by atoms with Crippen LogP contribution in [0.2, 0.25) is 0 Å². The number of carbonyl (C=O) groups excluding carboxylic acids is 1. The van der Waals surface area contributed by atoms with Crippen molar-refractivity contribution < 1.29 is 4.79 Å². The van der Waals surface area contributed by atoms with Crippen molar-refractivity contribution >= 4 is 33.7 Å². The third-order valence-corrected chi connectivity index (χ3v) is 4.80. The van der Waals surface area contributed by atoms with Gasteiger partial charge in [0.1, 0.15) is 6.29 Å². The lowest BCUT2D eigenvalue weighted by molar-refractivity contribution is -0.106. The van der Waals surface area contributed by atoms with Gasteiger partial charge in [-0.15, -0.1) is 15.3 Å². The number of rotatable bonds is 4. The van der Waals surface area contributed by atoms with Crippen LogP contribution >= 0.6 is 11.3 Å². The smallest absolute Gasteiger partial charge is 0.252 e. The highest BCUT2D eigenvalue weighted by Gasteiger charge is 2.21. The molecule has 1 aliphatic rings. The first-order valence-corrected chi connectivity index (χ1v) is 9.09. The Kier molecular flexibility index (Phi) is 6.02. The minimum Gasteiger partial charge on any atom is -0.363 e. The summed E-state index contributed by atoms with van der Waals surface area (Å²) in [4.78, 5) is 22.1. The van der Waals surface area contributed by atoms with E-state index in [1.807, 2.05) is 19.3 Å². The predicted octanol–water partition coefficient (Wildman–Crippen LogP) is 0.545. The number of fused-ring (bicyclic) bond motifs is 1. The highest BCUT2D eigenvalue weighted by Crippen LogP contribution is 2.24. The highest BCUT2D eigenvalue weighted by atomic mass is 32.1. The van der Waals surface area contributed by atoms with E-state index in [0.29, 0.717) is 5.78 Å². The van der Waals surface area contributed by atoms with Crippen molar-refractivity contribution in [2.45, 2.75) is 13.5 Å². The SMILES string of the molecule is CC=O.CNc1nnc(N2CCN(Cc3nc4ncccn4n3)CC2)s1. The van der Waals surface area contributed by atoms with Crippen LogP contribution in [0.5, 0.6) is 0 Å². The Labute approximate surface area is 154 Å². The Bertz CT molecular complexity index is 807. The summed E-state index contributed by atoms with van der Waals surface area (Å²) in [5.74, 6) is 1.46. The van der Waals surface area contributed by atoms with E-state index < -0.39 is 0 Å². The molecule has 0 bridgehead atoms. The van der Waals surface area contributed by atoms with Crippen LogP contribution in [0.3, 0.4) is 0 Å². The summed E-state index contributed by atoms with van der Waals surface area (Å²) in [6.45, 7) is 5.97. The lowest BCUT2D eigenvalue weighted by atomic mass is 10.3. The molecule has 11 heteroatoms. The third kappa shape index (κ3) is 4.29. The molecule has 0 saturated carbocycles. The number of hydrogen-bond donors (Lipinski definition) is 1. The van der Waals surface area contributed by atoms with E-state index in [-0.39, 0.29) is 0 Å². The van der Waals surface area contributed by atoms with E-state index in [0.717, 1.165) is 55.1 Å². The molecule has 1 aliphatic heterocycles. The molecule has 0 aliphatic carbocycles. The predicted molar refractivity (Wildman–Crippen MR) is 99.5 cm³/mol. The Morgan fingerprint density at radius 3 is 2.69 bits per heavy atom. The first-order valence-electron chi connectivity index (χ1n) is 8.28. The van der Waals surface area contributed by atoms with Gasteiger partial charge in [0.05, 0.1) is 6.54 Å². The molecular formula is C15H21N9OS. The highest BCUT2D eigenvalue weighted by molar-refractivity contribution is 7.19. The first kappa shape index (κ1) is 18.1. The number of anilines is 2. The van der Waals surface area contributed by atoms with E-state index in [9.17, 15) is 0 Å². The number of hydrogen-bond acceptors (Lipinski definition) is 10. The summed E-state index contributed by atoms with van der Waals surface area (Å²) in [6, 6.07) is 1.85. The van der Waals surface area contributed by atoms with Gasteiger partial charge in [0.25, 0.3) is 5.78 Å². The van der Waals surface area contributed by atoms with Crippen LogP contribution in [0.4, 0.5) is 10.3 Å². The topological polar surface area (TPSA) is 104 Å². The van der Waals surface area contributed by atoms with Crippen molar-refractivity contribution in [1.82, 2.24) is 34.7 Å². The monoisotopic (exact) mass is 375 g/mol. The zero-order valence-corrected chi connectivity index (χ0v) is 15.6. The average molecular weight is 375 g/mol. The zero-order chi connectivity index (χ0) is 18.4. The lowest BCUT2D eigenvalue weighted by Gasteiger charge is -2.33. The zero-order valence-electron chi connectivity index (χ0n) is 14.7. The third-order valence-electron chi connectivity index (χ3n) is 3.80. The fraction of sp³-hybridized carbons (Fsp3) is 0.467. The molecule has 3 aromatic heterocycles. The van der Waals surface area contributed by atoms with Gasteiger partial charge in [-0.05, 0) is 13.0 Å². The maximum Gasteiger partial charge on any atom is 0.252 e. The number of carbonyl (C=O) groups is 1. The van der Waals surface area contributed by atoms with E-state index in [2.05, 4.69) is 40.4 Å². The van der Waals surface area contributed by atoms with Crippen LogP contribution in [0, 0.1) is 0 Å². The van der Waals surface area contributed by atoms with E-state index >= 15 is 0 Å². The molecule has 3 aromatic rings. The van der Waals surface area contributed by atoms with E-state index in [1.165, 1.54) is 6.92 Å². The normalized spacial score (nSPS) is 14.8. The van der Waals surface area contributed by atoms with Crippen LogP contribution < -0.4 is 10.2 Å². The molecule has 0 atom stereocenters. The Hall–Kier alpha value is -2.66. The van der Waals surface area contributed by atoms with Crippen molar-refractivity contribution in [1.29, 1.82) is 0 Å². The Morgan fingerprint density at radius 1 is 1.27 bits per heavy atom. The fourth-order valence-electron chi connectivity index (χ4n) is 2.58. The largest absolute Gasteiger partial charge is 0.363 e. The summed E-state index contributed by atoms with van der Waals surface area (Å²) >= 11 is 1.59. The maximum atomic E-state index is 8.81. The van der Waals surface area contributed by atoms with Crippen LogP contribution in [-0.4, -0.2) is 74.2 Å². The number of nitrogens with one attached hydrogen (secondary N) is 1. The van der Waals surface area contributed by atoms with Crippen LogP contribution in [0.15, 0.2) is 18.5 Å². The second-order valence-corrected chi connectivity index (χ2v) is 6.49. The minimum atomic E-state index is 0.648. The van der Waals surface area contributed by atoms with Crippen LogP contribution in [-0.2, 0) is 11.3 Å². The summed E-state index contributed by atoms with van der Waals surface area (Å²) in [5.41, 5.74) is 0. The molecule has 26 heavy (non-hydrogen) atoms. The van der Waals surface area contributed by atoms with Gasteiger partial charge in [-0.2, -0.15) is 4.98 Å². The number of aromatic nitrogens is 6. The standard InChI is InChI=1S/C13H17N9S.C2H4O/c1-14-12-17-18-13(23-12)21-7-5-20(6-8-21)9-10-16-11-15-3-2-4-22(11)19-10;1-2-3/h2-4H,5-9H2,1H3,(H,14,17);2H,1H3. The van der Waals surface area contributed by atoms with Gasteiger partial charge in [-0.3, -0.25) is 4.90 Å². The quantitative estimate of drug-likeness (QED) is 0.654. The molecule has 138 valence electrons. The second kappa shape index (κ2) is 8.63.